The average molecular weight is 372 g/mol. The molecule has 1 fully saturated rings. The molecule has 1 saturated heterocycles. The molecule has 2 aromatic rings. The number of pyridine rings is 1. The van der Waals surface area contributed by atoms with Crippen molar-refractivity contribution in [1.29, 1.82) is 0 Å². The van der Waals surface area contributed by atoms with Gasteiger partial charge in [-0.2, -0.15) is 0 Å². The lowest BCUT2D eigenvalue weighted by atomic mass is 9.99. The minimum absolute atomic E-state index is 0.716. The first kappa shape index (κ1) is 18.7. The van der Waals surface area contributed by atoms with Gasteiger partial charge in [0.25, 0.3) is 0 Å². The van der Waals surface area contributed by atoms with Gasteiger partial charge < -0.3 is 15.5 Å². The summed E-state index contributed by atoms with van der Waals surface area (Å²) in [5.74, 6) is 2.74. The number of nitrogens with zero attached hydrogens (tertiary/aromatic N) is 3. The van der Waals surface area contributed by atoms with E-state index in [4.69, 9.17) is 0 Å². The number of aromatic nitrogens is 1. The smallest absolute Gasteiger partial charge is 0.191 e. The van der Waals surface area contributed by atoms with E-state index in [1.54, 1.807) is 7.05 Å². The Hall–Kier alpha value is -2.08. The molecule has 2 aromatic heterocycles. The van der Waals surface area contributed by atoms with Crippen LogP contribution in [0.2, 0.25) is 0 Å². The number of aryl methyl sites for hydroxylation is 1. The number of hydrogen-bond acceptors (Lipinski definition) is 4. The molecule has 0 radical (unpaired) electrons. The molecule has 0 atom stereocenters. The molecule has 140 valence electrons. The average Bonchev–Trinajstić information content (AvgIpc) is 3.08. The highest BCUT2D eigenvalue weighted by atomic mass is 32.1. The van der Waals surface area contributed by atoms with Gasteiger partial charge in [0, 0.05) is 42.6 Å². The predicted octanol–water partition coefficient (Wildman–Crippen LogP) is 3.55. The number of hydrogen-bond donors (Lipinski definition) is 2. The lowest BCUT2D eigenvalue weighted by molar-refractivity contribution is 0.436. The maximum absolute atomic E-state index is 4.65. The monoisotopic (exact) mass is 371 g/mol. The van der Waals surface area contributed by atoms with Crippen LogP contribution < -0.4 is 15.5 Å². The van der Waals surface area contributed by atoms with Gasteiger partial charge in [0.1, 0.15) is 5.82 Å². The summed E-state index contributed by atoms with van der Waals surface area (Å²) in [4.78, 5) is 14.0. The Kier molecular flexibility index (Phi) is 6.50. The maximum atomic E-state index is 4.65. The molecule has 0 saturated carbocycles. The van der Waals surface area contributed by atoms with E-state index in [9.17, 15) is 0 Å². The molecule has 3 heterocycles. The molecule has 1 aliphatic rings. The van der Waals surface area contributed by atoms with Gasteiger partial charge in [-0.3, -0.25) is 4.99 Å². The van der Waals surface area contributed by atoms with Gasteiger partial charge in [-0.05, 0) is 49.4 Å². The van der Waals surface area contributed by atoms with Crippen molar-refractivity contribution < 1.29 is 0 Å². The number of rotatable bonds is 5. The summed E-state index contributed by atoms with van der Waals surface area (Å²) in [5.41, 5.74) is 1.16. The summed E-state index contributed by atoms with van der Waals surface area (Å²) in [7, 11) is 1.80. The van der Waals surface area contributed by atoms with Gasteiger partial charge in [0.05, 0.1) is 6.54 Å². The van der Waals surface area contributed by atoms with Crippen LogP contribution in [0.4, 0.5) is 5.82 Å². The fraction of sp³-hybridized carbons (Fsp3) is 0.500. The Morgan fingerprint density at radius 3 is 2.58 bits per heavy atom. The van der Waals surface area contributed by atoms with Crippen LogP contribution in [0.25, 0.3) is 0 Å². The van der Waals surface area contributed by atoms with Crippen LogP contribution in [-0.2, 0) is 13.1 Å². The molecule has 0 aliphatic carbocycles. The third kappa shape index (κ3) is 5.21. The van der Waals surface area contributed by atoms with E-state index in [2.05, 4.69) is 63.6 Å². The molecule has 5 nitrogen and oxygen atoms in total. The summed E-state index contributed by atoms with van der Waals surface area (Å²) in [6.45, 7) is 8.20. The Morgan fingerprint density at radius 2 is 1.96 bits per heavy atom. The summed E-state index contributed by atoms with van der Waals surface area (Å²) in [5, 5.41) is 6.71. The fourth-order valence-corrected chi connectivity index (χ4v) is 3.93. The van der Waals surface area contributed by atoms with Crippen molar-refractivity contribution in [2.75, 3.05) is 25.0 Å². The summed E-state index contributed by atoms with van der Waals surface area (Å²) in [6.07, 6.45) is 4.49. The highest BCUT2D eigenvalue weighted by Gasteiger charge is 2.16. The van der Waals surface area contributed by atoms with Crippen LogP contribution in [0.5, 0.6) is 0 Å². The van der Waals surface area contributed by atoms with Gasteiger partial charge in [-0.15, -0.1) is 11.3 Å². The third-order valence-electron chi connectivity index (χ3n) is 4.83. The minimum Gasteiger partial charge on any atom is -0.357 e. The molecule has 3 rings (SSSR count). The number of nitrogens with one attached hydrogen (secondary N) is 2. The van der Waals surface area contributed by atoms with E-state index in [0.29, 0.717) is 6.54 Å². The second-order valence-electron chi connectivity index (χ2n) is 6.99. The molecule has 0 bridgehead atoms. The van der Waals surface area contributed by atoms with Crippen molar-refractivity contribution in [2.24, 2.45) is 10.9 Å². The summed E-state index contributed by atoms with van der Waals surface area (Å²) in [6, 6.07) is 8.60. The van der Waals surface area contributed by atoms with Crippen LogP contribution >= 0.6 is 11.3 Å². The zero-order chi connectivity index (χ0) is 18.4. The van der Waals surface area contributed by atoms with Crippen LogP contribution in [0.3, 0.4) is 0 Å². The first-order chi connectivity index (χ1) is 12.6. The summed E-state index contributed by atoms with van der Waals surface area (Å²) < 4.78 is 0. The van der Waals surface area contributed by atoms with Gasteiger partial charge in [0.2, 0.25) is 0 Å². The molecule has 26 heavy (non-hydrogen) atoms. The quantitative estimate of drug-likeness (QED) is 0.623. The molecule has 1 aliphatic heterocycles. The molecular formula is C20H29N5S. The van der Waals surface area contributed by atoms with Crippen molar-refractivity contribution in [3.8, 4) is 0 Å². The van der Waals surface area contributed by atoms with Crippen LogP contribution in [0, 0.1) is 12.8 Å². The Balaban J connectivity index is 1.47. The van der Waals surface area contributed by atoms with Crippen molar-refractivity contribution in [1.82, 2.24) is 15.6 Å². The van der Waals surface area contributed by atoms with Crippen molar-refractivity contribution in [3.63, 3.8) is 0 Å². The fourth-order valence-electron chi connectivity index (χ4n) is 3.10. The van der Waals surface area contributed by atoms with Crippen molar-refractivity contribution >= 4 is 23.1 Å². The van der Waals surface area contributed by atoms with Crippen LogP contribution in [0.15, 0.2) is 35.5 Å². The maximum Gasteiger partial charge on any atom is 0.191 e. The predicted molar refractivity (Wildman–Crippen MR) is 111 cm³/mol. The zero-order valence-corrected chi connectivity index (χ0v) is 16.8. The lowest BCUT2D eigenvalue weighted by Crippen LogP contribution is -2.36. The SMILES string of the molecule is CN=C(NCc1ccc(N2CCC(C)CC2)nc1)NCc1ccc(C)s1. The standard InChI is InChI=1S/C20H29N5S/c1-15-8-10-25(11-9-15)19-7-5-17(12-22-19)13-23-20(21-3)24-14-18-6-4-16(2)26-18/h4-7,12,15H,8-11,13-14H2,1-3H3,(H2,21,23,24). The number of thiophene rings is 1. The Morgan fingerprint density at radius 1 is 1.19 bits per heavy atom. The molecular weight excluding hydrogens is 342 g/mol. The van der Waals surface area contributed by atoms with Crippen molar-refractivity contribution in [3.05, 3.63) is 45.8 Å². The van der Waals surface area contributed by atoms with E-state index < -0.39 is 0 Å². The number of anilines is 1. The largest absolute Gasteiger partial charge is 0.357 e. The van der Waals surface area contributed by atoms with E-state index in [1.807, 2.05) is 17.5 Å². The van der Waals surface area contributed by atoms with E-state index in [-0.39, 0.29) is 0 Å². The molecule has 6 heteroatoms. The summed E-state index contributed by atoms with van der Waals surface area (Å²) >= 11 is 1.81. The molecule has 0 amide bonds. The molecule has 0 unspecified atom stereocenters. The van der Waals surface area contributed by atoms with E-state index in [0.717, 1.165) is 42.9 Å². The normalized spacial score (nSPS) is 16.0. The number of guanidine groups is 1. The second kappa shape index (κ2) is 9.03. The van der Waals surface area contributed by atoms with Crippen LogP contribution in [-0.4, -0.2) is 31.1 Å². The topological polar surface area (TPSA) is 52.6 Å². The lowest BCUT2D eigenvalue weighted by Gasteiger charge is -2.31. The Labute approximate surface area is 160 Å². The van der Waals surface area contributed by atoms with Crippen LogP contribution in [0.1, 0.15) is 35.1 Å². The highest BCUT2D eigenvalue weighted by Crippen LogP contribution is 2.21. The first-order valence-corrected chi connectivity index (χ1v) is 10.2. The minimum atomic E-state index is 0.716. The first-order valence-electron chi connectivity index (χ1n) is 9.34. The molecule has 0 spiro atoms. The van der Waals surface area contributed by atoms with Crippen molar-refractivity contribution in [2.45, 2.75) is 39.8 Å². The zero-order valence-electron chi connectivity index (χ0n) is 16.0. The number of aliphatic imine (C=N–C) groups is 1. The molecule has 0 aromatic carbocycles. The van der Waals surface area contributed by atoms with Gasteiger partial charge in [-0.1, -0.05) is 13.0 Å². The third-order valence-corrected chi connectivity index (χ3v) is 5.83. The van der Waals surface area contributed by atoms with Gasteiger partial charge >= 0.3 is 0 Å². The Bertz CT molecular complexity index is 714. The van der Waals surface area contributed by atoms with Gasteiger partial charge in [-0.25, -0.2) is 4.98 Å². The number of piperidine rings is 1. The van der Waals surface area contributed by atoms with E-state index in [1.165, 1.54) is 22.6 Å². The van der Waals surface area contributed by atoms with Gasteiger partial charge in [0.15, 0.2) is 5.96 Å². The molecule has 2 N–H and O–H groups in total. The highest BCUT2D eigenvalue weighted by molar-refractivity contribution is 7.11. The van der Waals surface area contributed by atoms with E-state index >= 15 is 0 Å². The second-order valence-corrected chi connectivity index (χ2v) is 8.36.